The zero-order valence-corrected chi connectivity index (χ0v) is 11.6. The molecule has 96 valence electrons. The lowest BCUT2D eigenvalue weighted by molar-refractivity contribution is -0.131. The SMILES string of the molecule is CC(C)(C)OCCCOCC(=O)C(C)(C)C. The molecule has 16 heavy (non-hydrogen) atoms. The van der Waals surface area contributed by atoms with Crippen LogP contribution in [0.1, 0.15) is 48.0 Å². The monoisotopic (exact) mass is 230 g/mol. The van der Waals surface area contributed by atoms with E-state index in [1.807, 2.05) is 41.5 Å². The van der Waals surface area contributed by atoms with Gasteiger partial charge in [0.25, 0.3) is 0 Å². The molecule has 0 aliphatic carbocycles. The van der Waals surface area contributed by atoms with Crippen molar-refractivity contribution in [3.05, 3.63) is 0 Å². The number of rotatable bonds is 6. The van der Waals surface area contributed by atoms with Crippen molar-refractivity contribution in [3.8, 4) is 0 Å². The van der Waals surface area contributed by atoms with Crippen molar-refractivity contribution < 1.29 is 14.3 Å². The normalized spacial score (nSPS) is 12.9. The van der Waals surface area contributed by atoms with Crippen LogP contribution in [0.5, 0.6) is 0 Å². The average molecular weight is 230 g/mol. The lowest BCUT2D eigenvalue weighted by Gasteiger charge is -2.19. The van der Waals surface area contributed by atoms with E-state index in [9.17, 15) is 4.79 Å². The van der Waals surface area contributed by atoms with E-state index in [0.717, 1.165) is 6.42 Å². The molecule has 0 N–H and O–H groups in total. The van der Waals surface area contributed by atoms with Crippen LogP contribution in [0, 0.1) is 5.41 Å². The highest BCUT2D eigenvalue weighted by Gasteiger charge is 2.20. The minimum Gasteiger partial charge on any atom is -0.376 e. The summed E-state index contributed by atoms with van der Waals surface area (Å²) in [6.07, 6.45) is 0.828. The standard InChI is InChI=1S/C13H26O3/c1-12(2,3)11(14)10-15-8-7-9-16-13(4,5)6/h7-10H2,1-6H3. The number of hydrogen-bond acceptors (Lipinski definition) is 3. The molecule has 0 heterocycles. The van der Waals surface area contributed by atoms with Crippen molar-refractivity contribution in [1.29, 1.82) is 0 Å². The van der Waals surface area contributed by atoms with Gasteiger partial charge in [0.05, 0.1) is 5.60 Å². The van der Waals surface area contributed by atoms with Crippen LogP contribution in [0.3, 0.4) is 0 Å². The van der Waals surface area contributed by atoms with Crippen LogP contribution in [0.2, 0.25) is 0 Å². The molecule has 3 nitrogen and oxygen atoms in total. The Morgan fingerprint density at radius 3 is 2.00 bits per heavy atom. The number of ketones is 1. The fraction of sp³-hybridized carbons (Fsp3) is 0.923. The Bertz CT molecular complexity index is 208. The van der Waals surface area contributed by atoms with E-state index in [4.69, 9.17) is 9.47 Å². The van der Waals surface area contributed by atoms with Gasteiger partial charge in [0.15, 0.2) is 5.78 Å². The molecule has 0 aromatic carbocycles. The highest BCUT2D eigenvalue weighted by molar-refractivity contribution is 5.84. The zero-order chi connectivity index (χ0) is 12.8. The summed E-state index contributed by atoms with van der Waals surface area (Å²) in [4.78, 5) is 11.5. The Kier molecular flexibility index (Phi) is 6.19. The van der Waals surface area contributed by atoms with Crippen molar-refractivity contribution in [2.75, 3.05) is 19.8 Å². The Morgan fingerprint density at radius 1 is 1.00 bits per heavy atom. The highest BCUT2D eigenvalue weighted by Crippen LogP contribution is 2.14. The van der Waals surface area contributed by atoms with Gasteiger partial charge in [-0.15, -0.1) is 0 Å². The molecular weight excluding hydrogens is 204 g/mol. The van der Waals surface area contributed by atoms with Crippen molar-refractivity contribution >= 4 is 5.78 Å². The van der Waals surface area contributed by atoms with E-state index in [-0.39, 0.29) is 23.4 Å². The predicted octanol–water partition coefficient (Wildman–Crippen LogP) is 2.82. The smallest absolute Gasteiger partial charge is 0.163 e. The number of carbonyl (C=O) groups is 1. The van der Waals surface area contributed by atoms with E-state index >= 15 is 0 Å². The van der Waals surface area contributed by atoms with Crippen molar-refractivity contribution in [1.82, 2.24) is 0 Å². The van der Waals surface area contributed by atoms with Gasteiger partial charge in [0, 0.05) is 18.6 Å². The second-order valence-corrected chi connectivity index (χ2v) is 6.04. The molecule has 0 fully saturated rings. The molecule has 0 saturated carbocycles. The van der Waals surface area contributed by atoms with Gasteiger partial charge in [-0.2, -0.15) is 0 Å². The summed E-state index contributed by atoms with van der Waals surface area (Å²) >= 11 is 0. The van der Waals surface area contributed by atoms with Crippen molar-refractivity contribution in [3.63, 3.8) is 0 Å². The molecule has 0 aliphatic rings. The van der Waals surface area contributed by atoms with Gasteiger partial charge in [-0.25, -0.2) is 0 Å². The number of carbonyl (C=O) groups excluding carboxylic acids is 1. The number of hydrogen-bond donors (Lipinski definition) is 0. The van der Waals surface area contributed by atoms with Crippen LogP contribution < -0.4 is 0 Å². The summed E-state index contributed by atoms with van der Waals surface area (Å²) < 4.78 is 10.8. The summed E-state index contributed by atoms with van der Waals surface area (Å²) in [6, 6.07) is 0. The molecule has 0 spiro atoms. The largest absolute Gasteiger partial charge is 0.376 e. The van der Waals surface area contributed by atoms with Gasteiger partial charge in [-0.1, -0.05) is 20.8 Å². The average Bonchev–Trinajstić information content (AvgIpc) is 2.07. The summed E-state index contributed by atoms with van der Waals surface area (Å²) in [5, 5.41) is 0. The fourth-order valence-electron chi connectivity index (χ4n) is 0.921. The third-order valence-corrected chi connectivity index (χ3v) is 2.04. The Morgan fingerprint density at radius 2 is 1.56 bits per heavy atom. The molecule has 0 radical (unpaired) electrons. The van der Waals surface area contributed by atoms with Gasteiger partial charge in [-0.05, 0) is 27.2 Å². The summed E-state index contributed by atoms with van der Waals surface area (Å²) in [6.45, 7) is 13.2. The van der Waals surface area contributed by atoms with Crippen LogP contribution in [0.25, 0.3) is 0 Å². The van der Waals surface area contributed by atoms with Gasteiger partial charge in [-0.3, -0.25) is 4.79 Å². The maximum atomic E-state index is 11.5. The molecule has 0 atom stereocenters. The van der Waals surface area contributed by atoms with E-state index in [1.54, 1.807) is 0 Å². The van der Waals surface area contributed by atoms with Crippen LogP contribution in [0.4, 0.5) is 0 Å². The molecule has 0 rings (SSSR count). The quantitative estimate of drug-likeness (QED) is 0.658. The first-order valence-electron chi connectivity index (χ1n) is 5.88. The molecule has 0 aromatic heterocycles. The molecule has 3 heteroatoms. The van der Waals surface area contributed by atoms with Gasteiger partial charge in [0.2, 0.25) is 0 Å². The first-order chi connectivity index (χ1) is 7.13. The van der Waals surface area contributed by atoms with Crippen molar-refractivity contribution in [2.24, 2.45) is 5.41 Å². The van der Waals surface area contributed by atoms with E-state index in [1.165, 1.54) is 0 Å². The summed E-state index contributed by atoms with van der Waals surface area (Å²) in [5.41, 5.74) is -0.400. The molecule has 0 aliphatic heterocycles. The molecule has 0 unspecified atom stereocenters. The molecule has 0 aromatic rings. The Labute approximate surface area is 99.5 Å². The van der Waals surface area contributed by atoms with Crippen molar-refractivity contribution in [2.45, 2.75) is 53.6 Å². The lowest BCUT2D eigenvalue weighted by Crippen LogP contribution is -2.25. The second-order valence-electron chi connectivity index (χ2n) is 6.04. The first kappa shape index (κ1) is 15.6. The van der Waals surface area contributed by atoms with E-state index in [0.29, 0.717) is 13.2 Å². The van der Waals surface area contributed by atoms with Gasteiger partial charge in [0.1, 0.15) is 6.61 Å². The van der Waals surface area contributed by atoms with Crippen LogP contribution in [-0.2, 0) is 14.3 Å². The minimum atomic E-state index is -0.304. The maximum absolute atomic E-state index is 11.5. The predicted molar refractivity (Wildman–Crippen MR) is 65.6 cm³/mol. The number of ether oxygens (including phenoxy) is 2. The third-order valence-electron chi connectivity index (χ3n) is 2.04. The molecule has 0 saturated heterocycles. The van der Waals surface area contributed by atoms with E-state index in [2.05, 4.69) is 0 Å². The fourth-order valence-corrected chi connectivity index (χ4v) is 0.921. The summed E-state index contributed by atoms with van der Waals surface area (Å²) in [7, 11) is 0. The second kappa shape index (κ2) is 6.36. The highest BCUT2D eigenvalue weighted by atomic mass is 16.5. The topological polar surface area (TPSA) is 35.5 Å². The zero-order valence-electron chi connectivity index (χ0n) is 11.6. The van der Waals surface area contributed by atoms with Crippen LogP contribution in [0.15, 0.2) is 0 Å². The van der Waals surface area contributed by atoms with Gasteiger partial charge >= 0.3 is 0 Å². The number of Topliss-reactive ketones (excluding diaryl/α,β-unsaturated/α-hetero) is 1. The molecule has 0 amide bonds. The lowest BCUT2D eigenvalue weighted by atomic mass is 9.91. The Hall–Kier alpha value is -0.410. The summed E-state index contributed by atoms with van der Waals surface area (Å²) in [5.74, 6) is 0.143. The van der Waals surface area contributed by atoms with Crippen LogP contribution in [-0.4, -0.2) is 31.2 Å². The van der Waals surface area contributed by atoms with Crippen LogP contribution >= 0.6 is 0 Å². The van der Waals surface area contributed by atoms with E-state index < -0.39 is 0 Å². The Balaban J connectivity index is 3.45. The minimum absolute atomic E-state index is 0.0960. The first-order valence-corrected chi connectivity index (χ1v) is 5.88. The molecular formula is C13H26O3. The molecule has 0 bridgehead atoms. The maximum Gasteiger partial charge on any atom is 0.163 e. The van der Waals surface area contributed by atoms with Gasteiger partial charge < -0.3 is 9.47 Å². The third kappa shape index (κ3) is 8.86.